The minimum atomic E-state index is -4.01. The zero-order valence-corrected chi connectivity index (χ0v) is 8.97. The van der Waals surface area contributed by atoms with Gasteiger partial charge in [-0.15, -0.1) is 0 Å². The van der Waals surface area contributed by atoms with Crippen LogP contribution in [0.3, 0.4) is 0 Å². The fourth-order valence-electron chi connectivity index (χ4n) is 1.06. The molecule has 1 aromatic carbocycles. The van der Waals surface area contributed by atoms with Gasteiger partial charge < -0.3 is 11.1 Å². The van der Waals surface area contributed by atoms with Crippen LogP contribution in [-0.2, 0) is 9.05 Å². The van der Waals surface area contributed by atoms with Crippen molar-refractivity contribution in [3.63, 3.8) is 0 Å². The van der Waals surface area contributed by atoms with Crippen LogP contribution in [-0.4, -0.2) is 20.9 Å². The lowest BCUT2D eigenvalue weighted by atomic mass is 10.1. The molecule has 0 heterocycles. The van der Waals surface area contributed by atoms with Gasteiger partial charge in [-0.05, 0) is 12.1 Å². The van der Waals surface area contributed by atoms with Crippen LogP contribution in [0.4, 0.5) is 5.69 Å². The van der Waals surface area contributed by atoms with Crippen LogP contribution in [0.1, 0.15) is 15.9 Å². The van der Waals surface area contributed by atoms with Crippen LogP contribution >= 0.6 is 10.7 Å². The van der Waals surface area contributed by atoms with Crippen molar-refractivity contribution in [3.05, 3.63) is 23.3 Å². The average molecular weight is 247 g/mol. The fraction of sp³-hybridized carbons (Fsp3) is 0. The topological polar surface area (TPSA) is 101 Å². The summed E-state index contributed by atoms with van der Waals surface area (Å²) in [7, 11) is 1.11. The monoisotopic (exact) mass is 246 g/mol. The van der Waals surface area contributed by atoms with Gasteiger partial charge in [0.2, 0.25) is 0 Å². The zero-order chi connectivity index (χ0) is 11.6. The van der Waals surface area contributed by atoms with Crippen LogP contribution in [0.25, 0.3) is 0 Å². The Balaban J connectivity index is 3.65. The first-order chi connectivity index (χ1) is 6.90. The molecule has 0 aliphatic heterocycles. The van der Waals surface area contributed by atoms with E-state index in [0.717, 1.165) is 12.3 Å². The van der Waals surface area contributed by atoms with Gasteiger partial charge in [0, 0.05) is 28.0 Å². The molecule has 5 nitrogen and oxygen atoms in total. The first-order valence-corrected chi connectivity index (χ1v) is 6.05. The molecule has 0 amide bonds. The van der Waals surface area contributed by atoms with Crippen molar-refractivity contribution in [2.45, 2.75) is 4.90 Å². The highest BCUT2D eigenvalue weighted by Gasteiger charge is 2.17. The van der Waals surface area contributed by atoms with Crippen LogP contribution in [0.15, 0.2) is 17.0 Å². The Kier molecular flexibility index (Phi) is 3.11. The van der Waals surface area contributed by atoms with Crippen LogP contribution in [0.5, 0.6) is 0 Å². The van der Waals surface area contributed by atoms with Gasteiger partial charge in [-0.25, -0.2) is 8.42 Å². The van der Waals surface area contributed by atoms with E-state index in [4.69, 9.17) is 21.8 Å². The maximum Gasteiger partial charge on any atom is 0.263 e. The van der Waals surface area contributed by atoms with Crippen LogP contribution < -0.4 is 5.73 Å². The lowest BCUT2D eigenvalue weighted by Crippen LogP contribution is -2.03. The molecule has 0 bridgehead atoms. The largest absolute Gasteiger partial charge is 0.397 e. The van der Waals surface area contributed by atoms with E-state index in [0.29, 0.717) is 6.29 Å². The molecule has 0 spiro atoms. The molecule has 15 heavy (non-hydrogen) atoms. The van der Waals surface area contributed by atoms with Crippen molar-refractivity contribution >= 4 is 37.9 Å². The SMILES string of the molecule is N=Cc1cc(C=O)cc(S(=O)(=O)Cl)c1N. The molecule has 1 aromatic rings. The Morgan fingerprint density at radius 1 is 1.40 bits per heavy atom. The molecule has 0 aliphatic rings. The predicted molar refractivity (Wildman–Crippen MR) is 57.2 cm³/mol. The van der Waals surface area contributed by atoms with E-state index < -0.39 is 9.05 Å². The summed E-state index contributed by atoms with van der Waals surface area (Å²) in [5.74, 6) is 0. The second-order valence-electron chi connectivity index (χ2n) is 2.72. The van der Waals surface area contributed by atoms with Crippen molar-refractivity contribution in [2.75, 3.05) is 5.73 Å². The normalized spacial score (nSPS) is 11.0. The van der Waals surface area contributed by atoms with Crippen molar-refractivity contribution < 1.29 is 13.2 Å². The first-order valence-electron chi connectivity index (χ1n) is 3.74. The van der Waals surface area contributed by atoms with E-state index in [9.17, 15) is 13.2 Å². The fourth-order valence-corrected chi connectivity index (χ4v) is 2.10. The number of hydrogen-bond acceptors (Lipinski definition) is 5. The van der Waals surface area contributed by atoms with Gasteiger partial charge in [-0.3, -0.25) is 4.79 Å². The summed E-state index contributed by atoms with van der Waals surface area (Å²) in [5, 5.41) is 7.00. The summed E-state index contributed by atoms with van der Waals surface area (Å²) in [6.07, 6.45) is 1.31. The van der Waals surface area contributed by atoms with E-state index in [-0.39, 0.29) is 21.7 Å². The number of anilines is 1. The predicted octanol–water partition coefficient (Wildman–Crippen LogP) is 1.01. The Labute approximate surface area is 90.8 Å². The number of aldehydes is 1. The minimum absolute atomic E-state index is 0.0990. The molecule has 0 atom stereocenters. The van der Waals surface area contributed by atoms with Crippen molar-refractivity contribution in [2.24, 2.45) is 0 Å². The quantitative estimate of drug-likeness (QED) is 0.360. The number of halogens is 1. The van der Waals surface area contributed by atoms with Crippen LogP contribution in [0, 0.1) is 5.41 Å². The molecular weight excluding hydrogens is 240 g/mol. The van der Waals surface area contributed by atoms with E-state index in [2.05, 4.69) is 0 Å². The third kappa shape index (κ3) is 2.34. The molecule has 0 saturated carbocycles. The summed E-state index contributed by atoms with van der Waals surface area (Å²) in [5.41, 5.74) is 5.58. The first kappa shape index (κ1) is 11.7. The molecule has 1 rings (SSSR count). The maximum absolute atomic E-state index is 11.1. The number of carbonyl (C=O) groups excluding carboxylic acids is 1. The highest BCUT2D eigenvalue weighted by molar-refractivity contribution is 8.13. The maximum atomic E-state index is 11.1. The zero-order valence-electron chi connectivity index (χ0n) is 7.40. The second-order valence-corrected chi connectivity index (χ2v) is 5.26. The van der Waals surface area contributed by atoms with E-state index in [1.807, 2.05) is 0 Å². The second kappa shape index (κ2) is 4.00. The Morgan fingerprint density at radius 3 is 2.40 bits per heavy atom. The number of hydrogen-bond donors (Lipinski definition) is 2. The smallest absolute Gasteiger partial charge is 0.263 e. The summed E-state index contributed by atoms with van der Waals surface area (Å²) in [6.45, 7) is 0. The Hall–Kier alpha value is -1.40. The third-order valence-corrected chi connectivity index (χ3v) is 3.11. The number of nitrogens with one attached hydrogen (secondary N) is 1. The summed E-state index contributed by atoms with van der Waals surface area (Å²) >= 11 is 0. The van der Waals surface area contributed by atoms with Crippen LogP contribution in [0.2, 0.25) is 0 Å². The highest BCUT2D eigenvalue weighted by Crippen LogP contribution is 2.26. The average Bonchev–Trinajstić information content (AvgIpc) is 2.16. The van der Waals surface area contributed by atoms with Gasteiger partial charge in [-0.1, -0.05) is 0 Å². The number of benzene rings is 1. The van der Waals surface area contributed by atoms with Crippen molar-refractivity contribution in [3.8, 4) is 0 Å². The molecule has 0 radical (unpaired) electrons. The number of rotatable bonds is 3. The van der Waals surface area contributed by atoms with Gasteiger partial charge in [0.15, 0.2) is 0 Å². The van der Waals surface area contributed by atoms with Gasteiger partial charge in [0.05, 0.1) is 5.69 Å². The summed E-state index contributed by atoms with van der Waals surface area (Å²) in [6, 6.07) is 2.37. The van der Waals surface area contributed by atoms with Crippen molar-refractivity contribution in [1.29, 1.82) is 5.41 Å². The van der Waals surface area contributed by atoms with Crippen molar-refractivity contribution in [1.82, 2.24) is 0 Å². The molecule has 0 aliphatic carbocycles. The van der Waals surface area contributed by atoms with Gasteiger partial charge in [-0.2, -0.15) is 0 Å². The molecule has 3 N–H and O–H groups in total. The lowest BCUT2D eigenvalue weighted by molar-refractivity contribution is 0.112. The molecule has 0 saturated heterocycles. The standard InChI is InChI=1S/C8H7ClN2O3S/c9-15(13,14)7-2-5(4-12)1-6(3-10)8(7)11/h1-4,10H,11H2. The Morgan fingerprint density at radius 2 is 2.00 bits per heavy atom. The van der Waals surface area contributed by atoms with Gasteiger partial charge in [0.25, 0.3) is 9.05 Å². The molecule has 0 unspecified atom stereocenters. The molecule has 0 aromatic heterocycles. The van der Waals surface area contributed by atoms with Gasteiger partial charge >= 0.3 is 0 Å². The lowest BCUT2D eigenvalue weighted by Gasteiger charge is -2.06. The Bertz CT molecular complexity index is 525. The molecular formula is C8H7ClN2O3S. The molecule has 80 valence electrons. The number of carbonyl (C=O) groups is 1. The van der Waals surface area contributed by atoms with E-state index in [1.54, 1.807) is 0 Å². The summed E-state index contributed by atoms with van der Waals surface area (Å²) in [4.78, 5) is 10.2. The summed E-state index contributed by atoms with van der Waals surface area (Å²) < 4.78 is 22.2. The molecule has 7 heteroatoms. The van der Waals surface area contributed by atoms with E-state index >= 15 is 0 Å². The third-order valence-electron chi connectivity index (χ3n) is 1.75. The number of nitrogen functional groups attached to an aromatic ring is 1. The molecule has 0 fully saturated rings. The highest BCUT2D eigenvalue weighted by atomic mass is 35.7. The van der Waals surface area contributed by atoms with E-state index in [1.165, 1.54) is 6.07 Å². The minimum Gasteiger partial charge on any atom is -0.397 e. The number of nitrogens with two attached hydrogens (primary N) is 1. The van der Waals surface area contributed by atoms with Gasteiger partial charge in [0.1, 0.15) is 11.2 Å².